The maximum Gasteiger partial charge on any atom is 0.312 e. The largest absolute Gasteiger partial charge is 0.469 e. The number of H-pyrrole nitrogens is 1. The normalized spacial score (nSPS) is 11.8. The second-order valence-electron chi connectivity index (χ2n) is 4.77. The fourth-order valence-electron chi connectivity index (χ4n) is 1.84. The number of hydrogen-bond donors (Lipinski definition) is 1. The van der Waals surface area contributed by atoms with Gasteiger partial charge in [0.1, 0.15) is 0 Å². The van der Waals surface area contributed by atoms with Gasteiger partial charge in [-0.15, -0.1) is 0 Å². The van der Waals surface area contributed by atoms with Crippen molar-refractivity contribution in [2.45, 2.75) is 20.4 Å². The van der Waals surface area contributed by atoms with E-state index in [0.717, 1.165) is 6.54 Å². The monoisotopic (exact) mass is 224 g/mol. The van der Waals surface area contributed by atoms with Crippen LogP contribution in [0.25, 0.3) is 0 Å². The van der Waals surface area contributed by atoms with Crippen molar-refractivity contribution < 1.29 is 9.53 Å². The number of carbonyl (C=O) groups is 1. The van der Waals surface area contributed by atoms with Gasteiger partial charge in [0.2, 0.25) is 0 Å². The van der Waals surface area contributed by atoms with Crippen LogP contribution in [0.2, 0.25) is 0 Å². The molecule has 0 radical (unpaired) electrons. The molecule has 0 spiro atoms. The Morgan fingerprint density at radius 1 is 1.56 bits per heavy atom. The number of ether oxygens (including phenoxy) is 1. The summed E-state index contributed by atoms with van der Waals surface area (Å²) in [5, 5.41) is 0. The van der Waals surface area contributed by atoms with E-state index in [4.69, 9.17) is 4.74 Å². The number of carbonyl (C=O) groups excluding carboxylic acids is 1. The fraction of sp³-hybridized carbons (Fsp3) is 0.583. The van der Waals surface area contributed by atoms with E-state index in [2.05, 4.69) is 9.88 Å². The lowest BCUT2D eigenvalue weighted by atomic mass is 9.93. The molecule has 0 saturated carbocycles. The molecule has 1 heterocycles. The van der Waals surface area contributed by atoms with E-state index in [0.29, 0.717) is 6.54 Å². The van der Waals surface area contributed by atoms with Crippen LogP contribution in [0, 0.1) is 5.41 Å². The van der Waals surface area contributed by atoms with Crippen molar-refractivity contribution in [2.75, 3.05) is 20.7 Å². The van der Waals surface area contributed by atoms with E-state index in [-0.39, 0.29) is 5.97 Å². The summed E-state index contributed by atoms with van der Waals surface area (Å²) >= 11 is 0. The van der Waals surface area contributed by atoms with Gasteiger partial charge in [-0.25, -0.2) is 0 Å². The van der Waals surface area contributed by atoms with Crippen LogP contribution in [0.1, 0.15) is 19.4 Å². The van der Waals surface area contributed by atoms with Gasteiger partial charge < -0.3 is 14.6 Å². The smallest absolute Gasteiger partial charge is 0.312 e. The first kappa shape index (κ1) is 12.8. The summed E-state index contributed by atoms with van der Waals surface area (Å²) in [6, 6.07) is 2.03. The van der Waals surface area contributed by atoms with Crippen LogP contribution in [-0.2, 0) is 16.1 Å². The zero-order chi connectivity index (χ0) is 12.2. The maximum atomic E-state index is 11.5. The van der Waals surface area contributed by atoms with Crippen LogP contribution < -0.4 is 0 Å². The van der Waals surface area contributed by atoms with Crippen molar-refractivity contribution in [3.8, 4) is 0 Å². The van der Waals surface area contributed by atoms with Crippen molar-refractivity contribution in [1.29, 1.82) is 0 Å². The molecular weight excluding hydrogens is 204 g/mol. The van der Waals surface area contributed by atoms with Gasteiger partial charge in [0.05, 0.1) is 12.5 Å². The fourth-order valence-corrected chi connectivity index (χ4v) is 1.84. The van der Waals surface area contributed by atoms with Crippen molar-refractivity contribution in [2.24, 2.45) is 5.41 Å². The van der Waals surface area contributed by atoms with Gasteiger partial charge >= 0.3 is 5.97 Å². The van der Waals surface area contributed by atoms with Crippen LogP contribution in [0.5, 0.6) is 0 Å². The van der Waals surface area contributed by atoms with Crippen molar-refractivity contribution in [3.05, 3.63) is 24.0 Å². The number of aromatic amines is 1. The summed E-state index contributed by atoms with van der Waals surface area (Å²) in [6.07, 6.45) is 3.86. The Kier molecular flexibility index (Phi) is 4.12. The minimum atomic E-state index is -0.472. The van der Waals surface area contributed by atoms with E-state index >= 15 is 0 Å². The van der Waals surface area contributed by atoms with Crippen LogP contribution in [0.4, 0.5) is 0 Å². The molecule has 0 unspecified atom stereocenters. The highest BCUT2D eigenvalue weighted by molar-refractivity contribution is 5.76. The average molecular weight is 224 g/mol. The molecular formula is C12H20N2O2. The molecule has 0 aliphatic carbocycles. The Labute approximate surface area is 96.6 Å². The average Bonchev–Trinajstić information content (AvgIpc) is 2.67. The summed E-state index contributed by atoms with van der Waals surface area (Å²) in [4.78, 5) is 16.6. The molecule has 16 heavy (non-hydrogen) atoms. The molecule has 4 heteroatoms. The van der Waals surface area contributed by atoms with Gasteiger partial charge in [-0.1, -0.05) is 0 Å². The zero-order valence-corrected chi connectivity index (χ0v) is 10.4. The van der Waals surface area contributed by atoms with E-state index in [1.165, 1.54) is 12.7 Å². The van der Waals surface area contributed by atoms with Crippen molar-refractivity contribution >= 4 is 5.97 Å². The Balaban J connectivity index is 2.50. The number of methoxy groups -OCH3 is 1. The predicted octanol–water partition coefficient (Wildman–Crippen LogP) is 1.65. The lowest BCUT2D eigenvalue weighted by Gasteiger charge is -2.27. The Hall–Kier alpha value is -1.29. The Bertz CT molecular complexity index is 331. The standard InChI is InChI=1S/C12H20N2O2/c1-12(2,11(15)16-4)9-14(3)8-10-5-6-13-7-10/h5-7,13H,8-9H2,1-4H3. The van der Waals surface area contributed by atoms with E-state index in [1.54, 1.807) is 0 Å². The van der Waals surface area contributed by atoms with Crippen LogP contribution >= 0.6 is 0 Å². The molecule has 0 atom stereocenters. The second-order valence-corrected chi connectivity index (χ2v) is 4.77. The van der Waals surface area contributed by atoms with Gasteiger partial charge in [-0.2, -0.15) is 0 Å². The van der Waals surface area contributed by atoms with E-state index < -0.39 is 5.41 Å². The third-order valence-corrected chi connectivity index (χ3v) is 2.52. The number of nitrogens with zero attached hydrogens (tertiary/aromatic N) is 1. The number of nitrogens with one attached hydrogen (secondary N) is 1. The van der Waals surface area contributed by atoms with Gasteiger partial charge in [0, 0.05) is 25.5 Å². The first-order chi connectivity index (χ1) is 7.45. The maximum absolute atomic E-state index is 11.5. The third-order valence-electron chi connectivity index (χ3n) is 2.52. The third kappa shape index (κ3) is 3.38. The number of hydrogen-bond acceptors (Lipinski definition) is 3. The summed E-state index contributed by atoms with van der Waals surface area (Å²) in [5.74, 6) is -0.173. The predicted molar refractivity (Wildman–Crippen MR) is 62.9 cm³/mol. The summed E-state index contributed by atoms with van der Waals surface area (Å²) in [7, 11) is 3.42. The molecule has 1 aromatic heterocycles. The molecule has 1 rings (SSSR count). The van der Waals surface area contributed by atoms with Crippen LogP contribution in [0.15, 0.2) is 18.5 Å². The molecule has 1 N–H and O–H groups in total. The molecule has 0 fully saturated rings. The Morgan fingerprint density at radius 2 is 2.25 bits per heavy atom. The van der Waals surface area contributed by atoms with E-state index in [1.807, 2.05) is 39.4 Å². The highest BCUT2D eigenvalue weighted by Crippen LogP contribution is 2.19. The molecule has 4 nitrogen and oxygen atoms in total. The van der Waals surface area contributed by atoms with Gasteiger partial charge in [-0.3, -0.25) is 4.79 Å². The molecule has 0 aliphatic heterocycles. The van der Waals surface area contributed by atoms with Crippen LogP contribution in [-0.4, -0.2) is 36.6 Å². The highest BCUT2D eigenvalue weighted by Gasteiger charge is 2.29. The summed E-state index contributed by atoms with van der Waals surface area (Å²) in [6.45, 7) is 5.29. The Morgan fingerprint density at radius 3 is 2.75 bits per heavy atom. The first-order valence-corrected chi connectivity index (χ1v) is 5.34. The van der Waals surface area contributed by atoms with Crippen molar-refractivity contribution in [3.63, 3.8) is 0 Å². The van der Waals surface area contributed by atoms with Crippen LogP contribution in [0.3, 0.4) is 0 Å². The molecule has 0 bridgehead atoms. The summed E-state index contributed by atoms with van der Waals surface area (Å²) < 4.78 is 4.78. The summed E-state index contributed by atoms with van der Waals surface area (Å²) in [5.41, 5.74) is 0.739. The molecule has 0 aromatic carbocycles. The number of rotatable bonds is 5. The first-order valence-electron chi connectivity index (χ1n) is 5.34. The van der Waals surface area contributed by atoms with Gasteiger partial charge in [0.25, 0.3) is 0 Å². The lowest BCUT2D eigenvalue weighted by molar-refractivity contribution is -0.151. The minimum absolute atomic E-state index is 0.173. The SMILES string of the molecule is COC(=O)C(C)(C)CN(C)Cc1cc[nH]c1. The highest BCUT2D eigenvalue weighted by atomic mass is 16.5. The molecule has 0 saturated heterocycles. The topological polar surface area (TPSA) is 45.3 Å². The second kappa shape index (κ2) is 5.16. The molecule has 0 amide bonds. The number of esters is 1. The molecule has 90 valence electrons. The quantitative estimate of drug-likeness (QED) is 0.773. The van der Waals surface area contributed by atoms with Gasteiger partial charge in [0.15, 0.2) is 0 Å². The molecule has 0 aliphatic rings. The molecule has 1 aromatic rings. The van der Waals surface area contributed by atoms with E-state index in [9.17, 15) is 4.79 Å². The van der Waals surface area contributed by atoms with Gasteiger partial charge in [-0.05, 0) is 32.5 Å². The number of aromatic nitrogens is 1. The minimum Gasteiger partial charge on any atom is -0.469 e. The van der Waals surface area contributed by atoms with Crippen molar-refractivity contribution in [1.82, 2.24) is 9.88 Å². The lowest BCUT2D eigenvalue weighted by Crippen LogP contribution is -2.37. The zero-order valence-electron chi connectivity index (χ0n) is 10.4.